The van der Waals surface area contributed by atoms with Crippen LogP contribution in [0, 0.1) is 6.92 Å². The number of hydrogen-bond acceptors (Lipinski definition) is 3. The molecule has 1 N–H and O–H groups in total. The van der Waals surface area contributed by atoms with Crippen LogP contribution >= 0.6 is 15.9 Å². The number of nitrogens with zero attached hydrogens (tertiary/aromatic N) is 3. The van der Waals surface area contributed by atoms with Gasteiger partial charge in [-0.25, -0.2) is 9.78 Å². The maximum absolute atomic E-state index is 11.1. The SMILES string of the molecule is Cc1nc2c(Br)c[nH]c(=O)n2n1. The van der Waals surface area contributed by atoms with Crippen LogP contribution in [0.3, 0.4) is 0 Å². The first-order valence-corrected chi connectivity index (χ1v) is 4.08. The third-order valence-corrected chi connectivity index (χ3v) is 2.02. The molecule has 0 fully saturated rings. The molecule has 0 aliphatic heterocycles. The number of rotatable bonds is 0. The smallest absolute Gasteiger partial charge is 0.311 e. The molecule has 0 aliphatic carbocycles. The lowest BCUT2D eigenvalue weighted by Crippen LogP contribution is -2.16. The maximum Gasteiger partial charge on any atom is 0.348 e. The van der Waals surface area contributed by atoms with E-state index < -0.39 is 0 Å². The van der Waals surface area contributed by atoms with Gasteiger partial charge in [0.2, 0.25) is 0 Å². The van der Waals surface area contributed by atoms with Gasteiger partial charge >= 0.3 is 5.69 Å². The van der Waals surface area contributed by atoms with Gasteiger partial charge in [-0.3, -0.25) is 0 Å². The van der Waals surface area contributed by atoms with Gasteiger partial charge in [-0.05, 0) is 22.9 Å². The first-order valence-electron chi connectivity index (χ1n) is 3.29. The number of aromatic nitrogens is 4. The summed E-state index contributed by atoms with van der Waals surface area (Å²) in [6.45, 7) is 1.74. The highest BCUT2D eigenvalue weighted by atomic mass is 79.9. The first kappa shape index (κ1) is 7.48. The van der Waals surface area contributed by atoms with Gasteiger partial charge in [-0.1, -0.05) is 0 Å². The number of hydrogen-bond donors (Lipinski definition) is 1. The molecule has 2 heterocycles. The van der Waals surface area contributed by atoms with Gasteiger partial charge in [0, 0.05) is 6.20 Å². The van der Waals surface area contributed by atoms with Crippen molar-refractivity contribution in [3.63, 3.8) is 0 Å². The van der Waals surface area contributed by atoms with Crippen molar-refractivity contribution >= 4 is 21.6 Å². The summed E-state index contributed by atoms with van der Waals surface area (Å²) in [5, 5.41) is 3.91. The summed E-state index contributed by atoms with van der Waals surface area (Å²) in [7, 11) is 0. The van der Waals surface area contributed by atoms with Gasteiger partial charge in [0.15, 0.2) is 5.65 Å². The molecule has 2 rings (SSSR count). The molecule has 0 aromatic carbocycles. The number of aromatic amines is 1. The van der Waals surface area contributed by atoms with Gasteiger partial charge in [0.25, 0.3) is 0 Å². The van der Waals surface area contributed by atoms with Gasteiger partial charge < -0.3 is 4.98 Å². The normalized spacial score (nSPS) is 10.8. The Bertz CT molecular complexity index is 486. The second-order valence-electron chi connectivity index (χ2n) is 2.34. The van der Waals surface area contributed by atoms with Crippen LogP contribution in [0.15, 0.2) is 15.5 Å². The summed E-state index contributed by atoms with van der Waals surface area (Å²) in [4.78, 5) is 17.7. The Morgan fingerprint density at radius 3 is 3.08 bits per heavy atom. The fourth-order valence-electron chi connectivity index (χ4n) is 0.962. The second-order valence-corrected chi connectivity index (χ2v) is 3.19. The Balaban J connectivity index is 3.03. The van der Waals surface area contributed by atoms with Crippen molar-refractivity contribution < 1.29 is 0 Å². The summed E-state index contributed by atoms with van der Waals surface area (Å²) in [6, 6.07) is 0. The molecule has 0 saturated heterocycles. The van der Waals surface area contributed by atoms with E-state index in [0.717, 1.165) is 4.47 Å². The Kier molecular flexibility index (Phi) is 1.50. The quantitative estimate of drug-likeness (QED) is 0.714. The van der Waals surface area contributed by atoms with E-state index in [9.17, 15) is 4.79 Å². The van der Waals surface area contributed by atoms with E-state index in [1.165, 1.54) is 4.52 Å². The topological polar surface area (TPSA) is 63.0 Å². The van der Waals surface area contributed by atoms with E-state index in [-0.39, 0.29) is 5.69 Å². The van der Waals surface area contributed by atoms with Crippen LogP contribution in [0.2, 0.25) is 0 Å². The average Bonchev–Trinajstić information content (AvgIpc) is 2.41. The Hall–Kier alpha value is -1.17. The van der Waals surface area contributed by atoms with Gasteiger partial charge in [0.05, 0.1) is 4.47 Å². The van der Waals surface area contributed by atoms with E-state index in [1.54, 1.807) is 13.1 Å². The van der Waals surface area contributed by atoms with E-state index >= 15 is 0 Å². The minimum Gasteiger partial charge on any atom is -0.311 e. The molecule has 12 heavy (non-hydrogen) atoms. The van der Waals surface area contributed by atoms with Gasteiger partial charge in [0.1, 0.15) is 5.82 Å². The predicted molar refractivity (Wildman–Crippen MR) is 46.0 cm³/mol. The number of aryl methyl sites for hydroxylation is 1. The number of fused-ring (bicyclic) bond motifs is 1. The molecule has 0 amide bonds. The van der Waals surface area contributed by atoms with Crippen molar-refractivity contribution in [1.29, 1.82) is 0 Å². The van der Waals surface area contributed by atoms with E-state index in [2.05, 4.69) is 31.0 Å². The largest absolute Gasteiger partial charge is 0.348 e. The summed E-state index contributed by atoms with van der Waals surface area (Å²) in [6.07, 6.45) is 1.55. The van der Waals surface area contributed by atoms with Crippen LogP contribution in [0.25, 0.3) is 5.65 Å². The Morgan fingerprint density at radius 1 is 1.67 bits per heavy atom. The molecule has 0 radical (unpaired) electrons. The minimum atomic E-state index is -0.284. The van der Waals surface area contributed by atoms with Crippen LogP contribution in [0.5, 0.6) is 0 Å². The Labute approximate surface area is 75.6 Å². The van der Waals surface area contributed by atoms with E-state index in [4.69, 9.17) is 0 Å². The highest BCUT2D eigenvalue weighted by Crippen LogP contribution is 2.11. The molecular weight excluding hydrogens is 224 g/mol. The fourth-order valence-corrected chi connectivity index (χ4v) is 1.33. The lowest BCUT2D eigenvalue weighted by Gasteiger charge is -1.90. The van der Waals surface area contributed by atoms with Crippen LogP contribution in [0.4, 0.5) is 0 Å². The third kappa shape index (κ3) is 0.953. The number of nitrogens with one attached hydrogen (secondary N) is 1. The monoisotopic (exact) mass is 228 g/mol. The summed E-state index contributed by atoms with van der Waals surface area (Å²) < 4.78 is 1.95. The molecule has 2 aromatic heterocycles. The molecular formula is C6H5BrN4O. The molecule has 2 aromatic rings. The van der Waals surface area contributed by atoms with Crippen molar-refractivity contribution in [3.8, 4) is 0 Å². The predicted octanol–water partition coefficient (Wildman–Crippen LogP) is 0.489. The molecule has 62 valence electrons. The highest BCUT2D eigenvalue weighted by Gasteiger charge is 2.05. The molecule has 0 saturated carbocycles. The molecule has 0 unspecified atom stereocenters. The molecule has 0 spiro atoms. The number of H-pyrrole nitrogens is 1. The molecule has 0 atom stereocenters. The highest BCUT2D eigenvalue weighted by molar-refractivity contribution is 9.10. The van der Waals surface area contributed by atoms with Crippen molar-refractivity contribution in [2.75, 3.05) is 0 Å². The van der Waals surface area contributed by atoms with Crippen molar-refractivity contribution in [3.05, 3.63) is 27.0 Å². The number of halogens is 1. The van der Waals surface area contributed by atoms with Crippen LogP contribution in [-0.2, 0) is 0 Å². The van der Waals surface area contributed by atoms with Crippen LogP contribution in [-0.4, -0.2) is 19.6 Å². The van der Waals surface area contributed by atoms with Gasteiger partial charge in [-0.15, -0.1) is 5.10 Å². The summed E-state index contributed by atoms with van der Waals surface area (Å²) in [5.74, 6) is 0.576. The van der Waals surface area contributed by atoms with E-state index in [0.29, 0.717) is 11.5 Å². The zero-order valence-electron chi connectivity index (χ0n) is 6.21. The Morgan fingerprint density at radius 2 is 2.42 bits per heavy atom. The van der Waals surface area contributed by atoms with Crippen molar-refractivity contribution in [2.45, 2.75) is 6.92 Å². The summed E-state index contributed by atoms with van der Waals surface area (Å²) in [5.41, 5.74) is 0.255. The summed E-state index contributed by atoms with van der Waals surface area (Å²) >= 11 is 3.25. The lowest BCUT2D eigenvalue weighted by molar-refractivity contribution is 0.849. The molecule has 6 heteroatoms. The minimum absolute atomic E-state index is 0.284. The van der Waals surface area contributed by atoms with Gasteiger partial charge in [-0.2, -0.15) is 4.52 Å². The zero-order valence-corrected chi connectivity index (χ0v) is 7.79. The maximum atomic E-state index is 11.1. The van der Waals surface area contributed by atoms with E-state index in [1.807, 2.05) is 0 Å². The van der Waals surface area contributed by atoms with Crippen molar-refractivity contribution in [2.24, 2.45) is 0 Å². The standard InChI is InChI=1S/C6H5BrN4O/c1-3-9-5-4(7)2-8-6(12)11(5)10-3/h2H,1H3,(H,8,12). The third-order valence-electron chi connectivity index (χ3n) is 1.44. The van der Waals surface area contributed by atoms with Crippen LogP contribution < -0.4 is 5.69 Å². The van der Waals surface area contributed by atoms with Crippen LogP contribution in [0.1, 0.15) is 5.82 Å². The second kappa shape index (κ2) is 2.41. The lowest BCUT2D eigenvalue weighted by atomic mass is 10.6. The van der Waals surface area contributed by atoms with Crippen molar-refractivity contribution in [1.82, 2.24) is 19.6 Å². The average molecular weight is 229 g/mol. The molecule has 5 nitrogen and oxygen atoms in total. The first-order chi connectivity index (χ1) is 5.68. The fraction of sp³-hybridized carbons (Fsp3) is 0.167. The molecule has 0 aliphatic rings. The molecule has 0 bridgehead atoms. The zero-order chi connectivity index (χ0) is 8.72.